The molecule has 0 spiro atoms. The molecule has 0 N–H and O–H groups in total. The van der Waals surface area contributed by atoms with Crippen molar-refractivity contribution in [2.45, 2.75) is 10.9 Å². The molecule has 26 heavy (non-hydrogen) atoms. The maximum absolute atomic E-state index is 6.28. The van der Waals surface area contributed by atoms with Gasteiger partial charge in [0.25, 0.3) is 0 Å². The zero-order valence-corrected chi connectivity index (χ0v) is 16.4. The Hall–Kier alpha value is -2.15. The fourth-order valence-electron chi connectivity index (χ4n) is 2.54. The number of hydrogen-bond donors (Lipinski definition) is 0. The Morgan fingerprint density at radius 2 is 1.81 bits per heavy atom. The predicted octanol–water partition coefficient (Wildman–Crippen LogP) is 5.55. The van der Waals surface area contributed by atoms with Crippen LogP contribution >= 0.6 is 34.7 Å². The molecule has 7 heteroatoms. The van der Waals surface area contributed by atoms with Gasteiger partial charge in [-0.15, -0.1) is 21.5 Å². The summed E-state index contributed by atoms with van der Waals surface area (Å²) in [6.07, 6.45) is 0. The van der Waals surface area contributed by atoms with Crippen LogP contribution in [0.4, 0.5) is 0 Å². The third-order valence-electron chi connectivity index (χ3n) is 3.87. The summed E-state index contributed by atoms with van der Waals surface area (Å²) in [4.78, 5) is 4.72. The third kappa shape index (κ3) is 3.53. The molecule has 0 saturated carbocycles. The van der Waals surface area contributed by atoms with Crippen LogP contribution in [-0.2, 0) is 12.8 Å². The number of nitrogens with zero attached hydrogens (tertiary/aromatic N) is 4. The number of rotatable bonds is 5. The Labute approximate surface area is 164 Å². The van der Waals surface area contributed by atoms with Crippen molar-refractivity contribution in [1.82, 2.24) is 19.7 Å². The van der Waals surface area contributed by atoms with E-state index in [-0.39, 0.29) is 0 Å². The van der Waals surface area contributed by atoms with Gasteiger partial charge >= 0.3 is 0 Å². The molecule has 0 radical (unpaired) electrons. The van der Waals surface area contributed by atoms with E-state index in [2.05, 4.69) is 27.7 Å². The van der Waals surface area contributed by atoms with Gasteiger partial charge < -0.3 is 4.57 Å². The first-order chi connectivity index (χ1) is 12.7. The topological polar surface area (TPSA) is 43.6 Å². The normalized spacial score (nSPS) is 11.0. The van der Waals surface area contributed by atoms with Gasteiger partial charge in [-0.3, -0.25) is 0 Å². The van der Waals surface area contributed by atoms with Crippen LogP contribution in [0, 0.1) is 0 Å². The molecular formula is C19H15ClN4S2. The maximum Gasteiger partial charge on any atom is 0.191 e. The van der Waals surface area contributed by atoms with Crippen molar-refractivity contribution in [3.05, 3.63) is 70.7 Å². The van der Waals surface area contributed by atoms with Crippen molar-refractivity contribution in [2.75, 3.05) is 0 Å². The van der Waals surface area contributed by atoms with E-state index >= 15 is 0 Å². The van der Waals surface area contributed by atoms with Crippen LogP contribution in [0.1, 0.15) is 5.69 Å². The molecule has 0 aliphatic carbocycles. The van der Waals surface area contributed by atoms with E-state index in [9.17, 15) is 0 Å². The Morgan fingerprint density at radius 1 is 1.04 bits per heavy atom. The van der Waals surface area contributed by atoms with Crippen LogP contribution in [0.2, 0.25) is 5.02 Å². The van der Waals surface area contributed by atoms with Crippen LogP contribution in [0.25, 0.3) is 22.0 Å². The molecule has 0 aliphatic rings. The van der Waals surface area contributed by atoms with Crippen molar-refractivity contribution < 1.29 is 0 Å². The van der Waals surface area contributed by atoms with Crippen LogP contribution < -0.4 is 0 Å². The first-order valence-electron chi connectivity index (χ1n) is 7.99. The third-order valence-corrected chi connectivity index (χ3v) is 6.19. The van der Waals surface area contributed by atoms with E-state index in [0.717, 1.165) is 38.6 Å². The molecule has 2 heterocycles. The van der Waals surface area contributed by atoms with Crippen molar-refractivity contribution in [3.63, 3.8) is 0 Å². The van der Waals surface area contributed by atoms with Crippen molar-refractivity contribution in [1.29, 1.82) is 0 Å². The number of hydrogen-bond acceptors (Lipinski definition) is 5. The van der Waals surface area contributed by atoms with E-state index in [1.165, 1.54) is 0 Å². The van der Waals surface area contributed by atoms with E-state index in [1.54, 1.807) is 23.1 Å². The first kappa shape index (κ1) is 17.3. The van der Waals surface area contributed by atoms with Gasteiger partial charge in [0.15, 0.2) is 11.0 Å². The molecule has 4 rings (SSSR count). The molecule has 0 atom stereocenters. The van der Waals surface area contributed by atoms with Gasteiger partial charge in [0.2, 0.25) is 0 Å². The van der Waals surface area contributed by atoms with Crippen LogP contribution in [0.5, 0.6) is 0 Å². The SMILES string of the molecule is Cn1c(SCc2csc(-c3ccccc3)n2)nnc1-c1ccccc1Cl. The zero-order chi connectivity index (χ0) is 17.9. The van der Waals surface area contributed by atoms with Gasteiger partial charge in [-0.1, -0.05) is 65.8 Å². The summed E-state index contributed by atoms with van der Waals surface area (Å²) in [6, 6.07) is 17.9. The second kappa shape index (κ2) is 7.61. The Balaban J connectivity index is 1.50. The minimum Gasteiger partial charge on any atom is -0.305 e. The number of aromatic nitrogens is 4. The molecule has 0 fully saturated rings. The largest absolute Gasteiger partial charge is 0.305 e. The number of halogens is 1. The molecule has 0 bridgehead atoms. The number of thiazole rings is 1. The highest BCUT2D eigenvalue weighted by Gasteiger charge is 2.14. The predicted molar refractivity (Wildman–Crippen MR) is 109 cm³/mol. The lowest BCUT2D eigenvalue weighted by Gasteiger charge is -2.04. The monoisotopic (exact) mass is 398 g/mol. The lowest BCUT2D eigenvalue weighted by Crippen LogP contribution is -1.95. The smallest absolute Gasteiger partial charge is 0.191 e. The molecule has 0 saturated heterocycles. The first-order valence-corrected chi connectivity index (χ1v) is 10.2. The minimum absolute atomic E-state index is 0.673. The van der Waals surface area contributed by atoms with Gasteiger partial charge in [-0.25, -0.2) is 4.98 Å². The zero-order valence-electron chi connectivity index (χ0n) is 14.0. The molecule has 0 aliphatic heterocycles. The van der Waals surface area contributed by atoms with Gasteiger partial charge in [-0.2, -0.15) is 0 Å². The summed E-state index contributed by atoms with van der Waals surface area (Å²) in [5.74, 6) is 1.51. The summed E-state index contributed by atoms with van der Waals surface area (Å²) < 4.78 is 1.97. The van der Waals surface area contributed by atoms with Crippen LogP contribution in [0.15, 0.2) is 65.1 Å². The van der Waals surface area contributed by atoms with E-state index in [0.29, 0.717) is 5.02 Å². The maximum atomic E-state index is 6.28. The minimum atomic E-state index is 0.673. The summed E-state index contributed by atoms with van der Waals surface area (Å²) in [7, 11) is 1.96. The highest BCUT2D eigenvalue weighted by Crippen LogP contribution is 2.30. The Morgan fingerprint density at radius 3 is 2.62 bits per heavy atom. The average Bonchev–Trinajstić information content (AvgIpc) is 3.28. The summed E-state index contributed by atoms with van der Waals surface area (Å²) in [5.41, 5.74) is 3.07. The van der Waals surface area contributed by atoms with Gasteiger partial charge in [0.1, 0.15) is 5.01 Å². The Kier molecular flexibility index (Phi) is 5.06. The van der Waals surface area contributed by atoms with E-state index in [4.69, 9.17) is 16.6 Å². The summed E-state index contributed by atoms with van der Waals surface area (Å²) in [6.45, 7) is 0. The van der Waals surface area contributed by atoms with Gasteiger partial charge in [0, 0.05) is 29.3 Å². The molecule has 0 amide bonds. The summed E-state index contributed by atoms with van der Waals surface area (Å²) >= 11 is 9.56. The van der Waals surface area contributed by atoms with Crippen molar-refractivity contribution in [2.24, 2.45) is 7.05 Å². The molecule has 130 valence electrons. The van der Waals surface area contributed by atoms with Crippen LogP contribution in [-0.4, -0.2) is 19.7 Å². The second-order valence-electron chi connectivity index (χ2n) is 5.64. The standard InChI is InChI=1S/C19H15ClN4S2/c1-24-17(15-9-5-6-10-16(15)20)22-23-19(24)26-12-14-11-25-18(21-14)13-7-3-2-4-8-13/h2-11H,12H2,1H3. The van der Waals surface area contributed by atoms with E-state index < -0.39 is 0 Å². The van der Waals surface area contributed by atoms with Crippen molar-refractivity contribution >= 4 is 34.7 Å². The lowest BCUT2D eigenvalue weighted by molar-refractivity contribution is 0.793. The second-order valence-corrected chi connectivity index (χ2v) is 7.85. The molecular weight excluding hydrogens is 384 g/mol. The molecule has 0 unspecified atom stereocenters. The number of thioether (sulfide) groups is 1. The highest BCUT2D eigenvalue weighted by atomic mass is 35.5. The van der Waals surface area contributed by atoms with E-state index in [1.807, 2.05) is 54.1 Å². The number of benzene rings is 2. The average molecular weight is 399 g/mol. The van der Waals surface area contributed by atoms with Gasteiger partial charge in [-0.05, 0) is 12.1 Å². The van der Waals surface area contributed by atoms with Crippen molar-refractivity contribution in [3.8, 4) is 22.0 Å². The highest BCUT2D eigenvalue weighted by molar-refractivity contribution is 7.98. The molecule has 4 aromatic rings. The molecule has 4 nitrogen and oxygen atoms in total. The molecule has 2 aromatic heterocycles. The fourth-order valence-corrected chi connectivity index (χ4v) is 4.50. The summed E-state index contributed by atoms with van der Waals surface area (Å²) in [5, 5.41) is 13.3. The Bertz CT molecular complexity index is 1030. The fraction of sp³-hybridized carbons (Fsp3) is 0.105. The van der Waals surface area contributed by atoms with Gasteiger partial charge in [0.05, 0.1) is 10.7 Å². The lowest BCUT2D eigenvalue weighted by atomic mass is 10.2. The molecule has 2 aromatic carbocycles. The quantitative estimate of drug-likeness (QED) is 0.413. The van der Waals surface area contributed by atoms with Crippen LogP contribution in [0.3, 0.4) is 0 Å².